The van der Waals surface area contributed by atoms with E-state index < -0.39 is 10.0 Å². The number of hydrogen-bond acceptors (Lipinski definition) is 5. The molecule has 8 heteroatoms. The monoisotopic (exact) mass is 435 g/mol. The van der Waals surface area contributed by atoms with Crippen LogP contribution in [0.2, 0.25) is 0 Å². The number of hydrogen-bond donors (Lipinski definition) is 1. The van der Waals surface area contributed by atoms with Crippen LogP contribution in [0.4, 0.5) is 5.69 Å². The highest BCUT2D eigenvalue weighted by Gasteiger charge is 2.25. The van der Waals surface area contributed by atoms with Crippen LogP contribution >= 0.6 is 0 Å². The van der Waals surface area contributed by atoms with Crippen LogP contribution in [0, 0.1) is 0 Å². The molecule has 7 nitrogen and oxygen atoms in total. The lowest BCUT2D eigenvalue weighted by Crippen LogP contribution is -2.41. The van der Waals surface area contributed by atoms with Gasteiger partial charge in [0.1, 0.15) is 0 Å². The Balaban J connectivity index is 1.50. The van der Waals surface area contributed by atoms with Crippen molar-refractivity contribution in [3.63, 3.8) is 0 Å². The van der Waals surface area contributed by atoms with Crippen LogP contribution in [0.25, 0.3) is 32.8 Å². The third-order valence-corrected chi connectivity index (χ3v) is 7.42. The lowest BCUT2D eigenvalue weighted by Gasteiger charge is -2.31. The van der Waals surface area contributed by atoms with Gasteiger partial charge in [0.05, 0.1) is 18.0 Å². The van der Waals surface area contributed by atoms with Crippen molar-refractivity contribution in [3.8, 4) is 11.1 Å². The van der Waals surface area contributed by atoms with E-state index >= 15 is 0 Å². The van der Waals surface area contributed by atoms with E-state index in [1.165, 1.54) is 6.26 Å². The second kappa shape index (κ2) is 7.62. The highest BCUT2D eigenvalue weighted by atomic mass is 32.2. The van der Waals surface area contributed by atoms with Gasteiger partial charge in [-0.05, 0) is 53.6 Å². The lowest BCUT2D eigenvalue weighted by molar-refractivity contribution is 0.332. The number of sulfonamides is 1. The molecule has 2 aromatic heterocycles. The Kier molecular flexibility index (Phi) is 4.91. The zero-order chi connectivity index (χ0) is 21.6. The molecule has 1 saturated heterocycles. The van der Waals surface area contributed by atoms with Crippen LogP contribution in [0.5, 0.6) is 0 Å². The standard InChI is InChI=1S/C23H25N5O2S/c1-27-23-13-16(3-4-18(23)14-25-27)19-11-17-5-8-24-15-21(17)22(12-19)26-20-6-9-28(10-7-20)31(2,29)30/h3-5,8,11-15,20,26H,6-7,9-10H2,1-2H3. The maximum absolute atomic E-state index is 11.8. The first-order valence-electron chi connectivity index (χ1n) is 10.4. The minimum atomic E-state index is -3.13. The summed E-state index contributed by atoms with van der Waals surface area (Å²) in [5.41, 5.74) is 4.38. The fraction of sp³-hybridized carbons (Fsp3) is 0.304. The molecule has 4 aromatic rings. The van der Waals surface area contributed by atoms with Gasteiger partial charge < -0.3 is 5.32 Å². The van der Waals surface area contributed by atoms with Gasteiger partial charge in [0.15, 0.2) is 0 Å². The van der Waals surface area contributed by atoms with E-state index in [1.807, 2.05) is 36.4 Å². The number of piperidine rings is 1. The Bertz CT molecular complexity index is 1370. The Labute approximate surface area is 181 Å². The normalized spacial score (nSPS) is 16.2. The van der Waals surface area contributed by atoms with Crippen molar-refractivity contribution >= 4 is 37.4 Å². The predicted molar refractivity (Wildman–Crippen MR) is 125 cm³/mol. The first-order valence-corrected chi connectivity index (χ1v) is 12.2. The van der Waals surface area contributed by atoms with Crippen molar-refractivity contribution < 1.29 is 8.42 Å². The van der Waals surface area contributed by atoms with Gasteiger partial charge in [-0.1, -0.05) is 12.1 Å². The van der Waals surface area contributed by atoms with Crippen LogP contribution in [0.3, 0.4) is 0 Å². The first-order chi connectivity index (χ1) is 14.9. The highest BCUT2D eigenvalue weighted by molar-refractivity contribution is 7.88. The summed E-state index contributed by atoms with van der Waals surface area (Å²) < 4.78 is 27.1. The summed E-state index contributed by atoms with van der Waals surface area (Å²) in [6.45, 7) is 1.09. The molecular formula is C23H25N5O2S. The van der Waals surface area contributed by atoms with Crippen molar-refractivity contribution in [3.05, 3.63) is 55.0 Å². The average Bonchev–Trinajstić information content (AvgIpc) is 3.13. The van der Waals surface area contributed by atoms with Gasteiger partial charge in [0.25, 0.3) is 0 Å². The fourth-order valence-electron chi connectivity index (χ4n) is 4.36. The molecule has 1 aliphatic rings. The van der Waals surface area contributed by atoms with Crippen molar-refractivity contribution in [2.75, 3.05) is 24.7 Å². The summed E-state index contributed by atoms with van der Waals surface area (Å²) in [5.74, 6) is 0. The van der Waals surface area contributed by atoms with Crippen molar-refractivity contribution in [1.29, 1.82) is 0 Å². The largest absolute Gasteiger partial charge is 0.382 e. The van der Waals surface area contributed by atoms with Gasteiger partial charge >= 0.3 is 0 Å². The number of aryl methyl sites for hydroxylation is 1. The van der Waals surface area contributed by atoms with E-state index in [0.29, 0.717) is 13.1 Å². The molecule has 0 aliphatic carbocycles. The number of rotatable bonds is 4. The smallest absolute Gasteiger partial charge is 0.211 e. The average molecular weight is 436 g/mol. The first kappa shape index (κ1) is 20.0. The number of benzene rings is 2. The van der Waals surface area contributed by atoms with E-state index in [-0.39, 0.29) is 6.04 Å². The molecule has 160 valence electrons. The minimum absolute atomic E-state index is 0.219. The van der Waals surface area contributed by atoms with Gasteiger partial charge in [-0.15, -0.1) is 0 Å². The summed E-state index contributed by atoms with van der Waals surface area (Å²) in [5, 5.41) is 11.3. The Hall–Kier alpha value is -2.97. The molecule has 31 heavy (non-hydrogen) atoms. The topological polar surface area (TPSA) is 80.1 Å². The fourth-order valence-corrected chi connectivity index (χ4v) is 5.23. The van der Waals surface area contributed by atoms with Crippen molar-refractivity contribution in [2.45, 2.75) is 18.9 Å². The van der Waals surface area contributed by atoms with Gasteiger partial charge in [0, 0.05) is 55.0 Å². The zero-order valence-electron chi connectivity index (χ0n) is 17.6. The summed E-state index contributed by atoms with van der Waals surface area (Å²) in [4.78, 5) is 4.32. The number of anilines is 1. The number of aromatic nitrogens is 3. The second-order valence-electron chi connectivity index (χ2n) is 8.24. The Morgan fingerprint density at radius 2 is 1.81 bits per heavy atom. The molecule has 0 amide bonds. The van der Waals surface area contributed by atoms with Crippen LogP contribution in [-0.4, -0.2) is 52.9 Å². The van der Waals surface area contributed by atoms with E-state index in [4.69, 9.17) is 0 Å². The molecule has 0 atom stereocenters. The van der Waals surface area contributed by atoms with E-state index in [1.54, 1.807) is 4.31 Å². The number of fused-ring (bicyclic) bond motifs is 2. The van der Waals surface area contributed by atoms with E-state index in [9.17, 15) is 8.42 Å². The van der Waals surface area contributed by atoms with Crippen LogP contribution in [0.15, 0.2) is 55.0 Å². The molecule has 0 radical (unpaired) electrons. The second-order valence-corrected chi connectivity index (χ2v) is 10.2. The maximum Gasteiger partial charge on any atom is 0.211 e. The zero-order valence-corrected chi connectivity index (χ0v) is 18.4. The molecule has 0 spiro atoms. The molecule has 1 fully saturated rings. The third-order valence-electron chi connectivity index (χ3n) is 6.12. The van der Waals surface area contributed by atoms with Gasteiger partial charge in [-0.2, -0.15) is 5.10 Å². The summed E-state index contributed by atoms with van der Waals surface area (Å²) in [6.07, 6.45) is 8.41. The van der Waals surface area contributed by atoms with Gasteiger partial charge in [-0.3, -0.25) is 9.67 Å². The highest BCUT2D eigenvalue weighted by Crippen LogP contribution is 2.33. The molecule has 1 aliphatic heterocycles. The lowest BCUT2D eigenvalue weighted by atomic mass is 9.98. The molecule has 0 bridgehead atoms. The molecule has 5 rings (SSSR count). The number of nitrogens with one attached hydrogen (secondary N) is 1. The van der Waals surface area contributed by atoms with Crippen molar-refractivity contribution in [2.24, 2.45) is 7.05 Å². The number of pyridine rings is 1. The molecule has 2 aromatic carbocycles. The summed E-state index contributed by atoms with van der Waals surface area (Å²) in [7, 11) is -1.18. The van der Waals surface area contributed by atoms with Crippen LogP contribution < -0.4 is 5.32 Å². The minimum Gasteiger partial charge on any atom is -0.382 e. The Morgan fingerprint density at radius 1 is 1.00 bits per heavy atom. The van der Waals surface area contributed by atoms with Crippen LogP contribution in [-0.2, 0) is 17.1 Å². The van der Waals surface area contributed by atoms with Crippen molar-refractivity contribution in [1.82, 2.24) is 19.1 Å². The van der Waals surface area contributed by atoms with E-state index in [0.717, 1.165) is 51.3 Å². The number of nitrogens with zero attached hydrogens (tertiary/aromatic N) is 4. The molecule has 1 N–H and O–H groups in total. The van der Waals surface area contributed by atoms with Gasteiger partial charge in [0.2, 0.25) is 10.0 Å². The van der Waals surface area contributed by atoms with E-state index in [2.05, 4.69) is 45.7 Å². The quantitative estimate of drug-likeness (QED) is 0.530. The Morgan fingerprint density at radius 3 is 2.58 bits per heavy atom. The maximum atomic E-state index is 11.8. The van der Waals surface area contributed by atoms with Gasteiger partial charge in [-0.25, -0.2) is 12.7 Å². The molecule has 0 saturated carbocycles. The van der Waals surface area contributed by atoms with Crippen LogP contribution in [0.1, 0.15) is 12.8 Å². The third kappa shape index (κ3) is 3.88. The molecular weight excluding hydrogens is 410 g/mol. The molecule has 3 heterocycles. The summed E-state index contributed by atoms with van der Waals surface area (Å²) in [6, 6.07) is 13.0. The molecule has 0 unspecified atom stereocenters. The SMILES string of the molecule is Cn1ncc2ccc(-c3cc(NC4CCN(S(C)(=O)=O)CC4)c4cnccc4c3)cc21. The summed E-state index contributed by atoms with van der Waals surface area (Å²) >= 11 is 0. The predicted octanol–water partition coefficient (Wildman–Crippen LogP) is 3.62.